The van der Waals surface area contributed by atoms with Crippen LogP contribution >= 0.6 is 11.8 Å². The third-order valence-corrected chi connectivity index (χ3v) is 5.97. The Morgan fingerprint density at radius 1 is 1.09 bits per heavy atom. The molecule has 2 aromatic carbocycles. The molecule has 8 nitrogen and oxygen atoms in total. The summed E-state index contributed by atoms with van der Waals surface area (Å²) in [5.41, 5.74) is 6.84. The lowest BCUT2D eigenvalue weighted by atomic mass is 10.2. The van der Waals surface area contributed by atoms with Gasteiger partial charge in [-0.15, -0.1) is 11.8 Å². The van der Waals surface area contributed by atoms with Crippen LogP contribution in [0.15, 0.2) is 69.1 Å². The zero-order valence-electron chi connectivity index (χ0n) is 18.4. The lowest BCUT2D eigenvalue weighted by Crippen LogP contribution is -3.08. The molecule has 0 spiro atoms. The number of hydrogen-bond acceptors (Lipinski definition) is 5. The fourth-order valence-corrected chi connectivity index (χ4v) is 3.89. The first-order valence-corrected chi connectivity index (χ1v) is 11.4. The number of amides is 1. The van der Waals surface area contributed by atoms with E-state index in [0.717, 1.165) is 16.0 Å². The van der Waals surface area contributed by atoms with Crippen molar-refractivity contribution in [2.24, 2.45) is 0 Å². The molecule has 0 aliphatic carbocycles. The Balaban J connectivity index is 1.77. The molecule has 0 aliphatic rings. The fraction of sp³-hybridized carbons (Fsp3) is 0.261. The Bertz CT molecular complexity index is 1190. The van der Waals surface area contributed by atoms with Gasteiger partial charge < -0.3 is 15.5 Å². The Labute approximate surface area is 190 Å². The zero-order valence-corrected chi connectivity index (χ0v) is 19.2. The number of thioether (sulfide) groups is 1. The highest BCUT2D eigenvalue weighted by Crippen LogP contribution is 2.16. The molecule has 0 saturated carbocycles. The Morgan fingerprint density at radius 3 is 2.38 bits per heavy atom. The van der Waals surface area contributed by atoms with Crippen LogP contribution in [0.3, 0.4) is 0 Å². The van der Waals surface area contributed by atoms with Crippen molar-refractivity contribution in [2.45, 2.75) is 18.0 Å². The average Bonchev–Trinajstić information content (AvgIpc) is 2.77. The number of H-pyrrole nitrogens is 1. The first-order valence-electron chi connectivity index (χ1n) is 10.2. The van der Waals surface area contributed by atoms with Crippen molar-refractivity contribution in [3.8, 4) is 0 Å². The molecule has 0 fully saturated rings. The molecule has 0 saturated heterocycles. The molecular weight excluding hydrogens is 426 g/mol. The van der Waals surface area contributed by atoms with Gasteiger partial charge in [-0.25, -0.2) is 4.79 Å². The van der Waals surface area contributed by atoms with Crippen molar-refractivity contribution in [1.82, 2.24) is 9.55 Å². The van der Waals surface area contributed by atoms with Crippen LogP contribution < -0.4 is 26.8 Å². The number of nitrogens with one attached hydrogen (secondary N) is 2. The first-order chi connectivity index (χ1) is 15.3. The molecule has 0 radical (unpaired) electrons. The standard InChI is InChI=1S/C23H27N5O3S/c1-26(13-17-9-11-18(32-3)12-10-17)15-19(29)27(2)20-21(24)28(23(31)25-22(20)30)14-16-7-5-4-6-8-16/h4-12H,13-15,24H2,1-3H3,(H,25,30,31)/p+1. The number of anilines is 2. The molecule has 1 amide bonds. The Morgan fingerprint density at radius 2 is 1.75 bits per heavy atom. The molecule has 168 valence electrons. The van der Waals surface area contributed by atoms with Crippen molar-refractivity contribution in [3.63, 3.8) is 0 Å². The minimum atomic E-state index is -0.682. The van der Waals surface area contributed by atoms with Gasteiger partial charge in [0, 0.05) is 17.5 Å². The smallest absolute Gasteiger partial charge is 0.330 e. The van der Waals surface area contributed by atoms with E-state index in [4.69, 9.17) is 5.73 Å². The number of benzene rings is 2. The summed E-state index contributed by atoms with van der Waals surface area (Å²) in [6.45, 7) is 1.01. The lowest BCUT2D eigenvalue weighted by molar-refractivity contribution is -0.885. The number of aromatic nitrogens is 2. The first kappa shape index (κ1) is 23.4. The van der Waals surface area contributed by atoms with Gasteiger partial charge in [-0.3, -0.25) is 19.1 Å². The van der Waals surface area contributed by atoms with Crippen LogP contribution in [0.5, 0.6) is 0 Å². The summed E-state index contributed by atoms with van der Waals surface area (Å²) in [6, 6.07) is 17.5. The summed E-state index contributed by atoms with van der Waals surface area (Å²) >= 11 is 1.68. The van der Waals surface area contributed by atoms with E-state index in [9.17, 15) is 14.4 Å². The van der Waals surface area contributed by atoms with Crippen molar-refractivity contribution in [2.75, 3.05) is 37.5 Å². The number of hydrogen-bond donors (Lipinski definition) is 3. The van der Waals surface area contributed by atoms with Gasteiger partial charge in [0.2, 0.25) is 0 Å². The maximum absolute atomic E-state index is 12.9. The lowest BCUT2D eigenvalue weighted by Gasteiger charge is -2.22. The molecule has 4 N–H and O–H groups in total. The zero-order chi connectivity index (χ0) is 23.3. The highest BCUT2D eigenvalue weighted by molar-refractivity contribution is 7.98. The molecule has 0 bridgehead atoms. The number of carbonyl (C=O) groups excluding carboxylic acids is 1. The van der Waals surface area contributed by atoms with E-state index < -0.39 is 11.2 Å². The van der Waals surface area contributed by atoms with Crippen LogP contribution in [0.1, 0.15) is 11.1 Å². The Hall–Kier alpha value is -3.30. The molecule has 3 rings (SSSR count). The van der Waals surface area contributed by atoms with Crippen LogP contribution in [0.4, 0.5) is 11.5 Å². The molecule has 1 unspecified atom stereocenters. The van der Waals surface area contributed by atoms with Crippen LogP contribution in [0, 0.1) is 0 Å². The summed E-state index contributed by atoms with van der Waals surface area (Å²) in [7, 11) is 3.42. The minimum Gasteiger partial charge on any atom is -0.383 e. The molecule has 32 heavy (non-hydrogen) atoms. The summed E-state index contributed by atoms with van der Waals surface area (Å²) in [5, 5.41) is 0. The third kappa shape index (κ3) is 5.49. The van der Waals surface area contributed by atoms with Crippen molar-refractivity contribution in [1.29, 1.82) is 0 Å². The van der Waals surface area contributed by atoms with E-state index in [0.29, 0.717) is 6.54 Å². The maximum atomic E-state index is 12.9. The number of aromatic amines is 1. The van der Waals surface area contributed by atoms with Crippen LogP contribution in [0.25, 0.3) is 0 Å². The summed E-state index contributed by atoms with van der Waals surface area (Å²) in [5.74, 6) is -0.311. The second-order valence-electron chi connectivity index (χ2n) is 7.68. The summed E-state index contributed by atoms with van der Waals surface area (Å²) in [6.07, 6.45) is 2.03. The highest BCUT2D eigenvalue weighted by Gasteiger charge is 2.23. The summed E-state index contributed by atoms with van der Waals surface area (Å²) < 4.78 is 1.26. The fourth-order valence-electron chi connectivity index (χ4n) is 3.48. The van der Waals surface area contributed by atoms with Gasteiger partial charge in [0.15, 0.2) is 12.2 Å². The van der Waals surface area contributed by atoms with Gasteiger partial charge in [0.1, 0.15) is 12.4 Å². The molecular formula is C23H28N5O3S+. The Kier molecular flexibility index (Phi) is 7.55. The molecule has 1 heterocycles. The SMILES string of the molecule is CSc1ccc(C[NH+](C)CC(=O)N(C)c2c(N)n(Cc3ccccc3)c(=O)[nH]c2=O)cc1. The second-order valence-corrected chi connectivity index (χ2v) is 8.56. The van der Waals surface area contributed by atoms with E-state index in [1.807, 2.05) is 55.8 Å². The molecule has 3 aromatic rings. The number of nitrogens with zero attached hydrogens (tertiary/aromatic N) is 2. The van der Waals surface area contributed by atoms with Crippen molar-refractivity contribution in [3.05, 3.63) is 86.6 Å². The predicted molar refractivity (Wildman–Crippen MR) is 128 cm³/mol. The highest BCUT2D eigenvalue weighted by atomic mass is 32.2. The van der Waals surface area contributed by atoms with E-state index in [1.165, 1.54) is 21.4 Å². The van der Waals surface area contributed by atoms with Gasteiger partial charge in [-0.2, -0.15) is 0 Å². The number of quaternary nitrogens is 1. The monoisotopic (exact) mass is 454 g/mol. The van der Waals surface area contributed by atoms with E-state index >= 15 is 0 Å². The second kappa shape index (κ2) is 10.3. The van der Waals surface area contributed by atoms with Crippen molar-refractivity contribution >= 4 is 29.2 Å². The predicted octanol–water partition coefficient (Wildman–Crippen LogP) is 0.567. The number of nitrogens with two attached hydrogens (primary N) is 1. The largest absolute Gasteiger partial charge is 0.383 e. The van der Waals surface area contributed by atoms with E-state index in [-0.39, 0.29) is 30.5 Å². The topological polar surface area (TPSA) is 106 Å². The normalized spacial score (nSPS) is 11.8. The van der Waals surface area contributed by atoms with Crippen LogP contribution in [0.2, 0.25) is 0 Å². The number of carbonyl (C=O) groups is 1. The molecule has 1 atom stereocenters. The summed E-state index contributed by atoms with van der Waals surface area (Å²) in [4.78, 5) is 43.4. The van der Waals surface area contributed by atoms with Gasteiger partial charge in [-0.05, 0) is 24.0 Å². The van der Waals surface area contributed by atoms with Crippen LogP contribution in [-0.2, 0) is 17.9 Å². The van der Waals surface area contributed by atoms with Gasteiger partial charge in [0.05, 0.1) is 13.6 Å². The van der Waals surface area contributed by atoms with E-state index in [1.54, 1.807) is 11.8 Å². The number of likely N-dealkylation sites (N-methyl/N-ethyl adjacent to an activating group) is 2. The van der Waals surface area contributed by atoms with E-state index in [2.05, 4.69) is 17.1 Å². The van der Waals surface area contributed by atoms with Gasteiger partial charge in [0.25, 0.3) is 11.5 Å². The quantitative estimate of drug-likeness (QED) is 0.432. The van der Waals surface area contributed by atoms with Gasteiger partial charge >= 0.3 is 5.69 Å². The number of nitrogen functional groups attached to an aromatic ring is 1. The molecule has 1 aromatic heterocycles. The van der Waals surface area contributed by atoms with Crippen molar-refractivity contribution < 1.29 is 9.69 Å². The van der Waals surface area contributed by atoms with Crippen LogP contribution in [-0.4, -0.2) is 42.4 Å². The minimum absolute atomic E-state index is 0.0253. The molecule has 9 heteroatoms. The maximum Gasteiger partial charge on any atom is 0.330 e. The van der Waals surface area contributed by atoms with Gasteiger partial charge in [-0.1, -0.05) is 42.5 Å². The third-order valence-electron chi connectivity index (χ3n) is 5.23. The average molecular weight is 455 g/mol. The molecule has 0 aliphatic heterocycles. The number of rotatable bonds is 8.